The minimum atomic E-state index is -0.386. The highest BCUT2D eigenvalue weighted by Crippen LogP contribution is 2.21. The number of esters is 1. The highest BCUT2D eigenvalue weighted by molar-refractivity contribution is 5.72. The number of rotatable bonds is 33. The average Bonchev–Trinajstić information content (AvgIpc) is 2.97. The molecule has 0 amide bonds. The third-order valence-electron chi connectivity index (χ3n) is 7.98. The van der Waals surface area contributed by atoms with Gasteiger partial charge >= 0.3 is 5.97 Å². The number of hydrogen-bond donors (Lipinski definition) is 2. The van der Waals surface area contributed by atoms with Crippen LogP contribution in [0.1, 0.15) is 155 Å². The predicted octanol–water partition coefficient (Wildman–Crippen LogP) is 7.60. The van der Waals surface area contributed by atoms with Crippen LogP contribution in [0.2, 0.25) is 0 Å². The van der Waals surface area contributed by atoms with Crippen molar-refractivity contribution in [1.29, 1.82) is 0 Å². The third-order valence-corrected chi connectivity index (χ3v) is 7.98. The van der Waals surface area contributed by atoms with Gasteiger partial charge in [-0.2, -0.15) is 0 Å². The van der Waals surface area contributed by atoms with Crippen LogP contribution in [0.4, 0.5) is 0 Å². The second kappa shape index (κ2) is 31.7. The van der Waals surface area contributed by atoms with Crippen LogP contribution in [0.15, 0.2) is 0 Å². The van der Waals surface area contributed by atoms with Crippen LogP contribution in [-0.2, 0) is 19.1 Å². The Hall–Kier alpha value is -1.18. The number of carbonyl (C=O) groups is 2. The Morgan fingerprint density at radius 1 is 0.683 bits per heavy atom. The van der Waals surface area contributed by atoms with Crippen molar-refractivity contribution in [2.45, 2.75) is 161 Å². The van der Waals surface area contributed by atoms with Gasteiger partial charge in [0.05, 0.1) is 25.2 Å². The molecule has 0 spiro atoms. The van der Waals surface area contributed by atoms with Gasteiger partial charge in [-0.3, -0.25) is 9.59 Å². The molecule has 0 rings (SSSR count). The van der Waals surface area contributed by atoms with E-state index in [9.17, 15) is 14.7 Å². The fourth-order valence-corrected chi connectivity index (χ4v) is 5.37. The first-order valence-corrected chi connectivity index (χ1v) is 17.3. The van der Waals surface area contributed by atoms with Crippen molar-refractivity contribution in [3.63, 3.8) is 0 Å². The molecule has 0 aliphatic rings. The molecule has 7 nitrogen and oxygen atoms in total. The van der Waals surface area contributed by atoms with E-state index in [4.69, 9.17) is 14.6 Å². The van der Waals surface area contributed by atoms with Crippen LogP contribution in [0.25, 0.3) is 0 Å². The Balaban J connectivity index is 4.34. The summed E-state index contributed by atoms with van der Waals surface area (Å²) in [6, 6.07) is 0. The number of aliphatic hydroxyl groups is 2. The van der Waals surface area contributed by atoms with Gasteiger partial charge < -0.3 is 24.6 Å². The topological polar surface area (TPSA) is 96.3 Å². The van der Waals surface area contributed by atoms with Crippen LogP contribution in [-0.4, -0.2) is 73.1 Å². The van der Waals surface area contributed by atoms with Crippen molar-refractivity contribution in [2.75, 3.05) is 39.5 Å². The molecule has 0 fully saturated rings. The summed E-state index contributed by atoms with van der Waals surface area (Å²) in [5.74, 6) is 0.0305. The molecule has 0 aliphatic carbocycles. The molecular weight excluding hydrogens is 518 g/mol. The number of ether oxygens (including phenoxy) is 2. The number of aliphatic hydroxyl groups excluding tert-OH is 2. The van der Waals surface area contributed by atoms with E-state index in [2.05, 4.69) is 18.7 Å². The lowest BCUT2D eigenvalue weighted by atomic mass is 9.94. The van der Waals surface area contributed by atoms with E-state index in [1.54, 1.807) is 0 Å². The van der Waals surface area contributed by atoms with Crippen LogP contribution in [0.5, 0.6) is 0 Å². The molecule has 0 aromatic rings. The molecule has 2 atom stereocenters. The maximum absolute atomic E-state index is 12.8. The zero-order chi connectivity index (χ0) is 30.2. The molecule has 0 aromatic heterocycles. The Kier molecular flexibility index (Phi) is 30.8. The summed E-state index contributed by atoms with van der Waals surface area (Å²) in [6.45, 7) is 8.66. The maximum atomic E-state index is 12.8. The van der Waals surface area contributed by atoms with Crippen molar-refractivity contribution >= 4 is 12.4 Å². The van der Waals surface area contributed by atoms with Gasteiger partial charge in [-0.25, -0.2) is 0 Å². The Morgan fingerprint density at radius 3 is 1.83 bits per heavy atom. The molecule has 0 saturated carbocycles. The molecular formula is C34H67NO6. The lowest BCUT2D eigenvalue weighted by molar-refractivity contribution is -0.149. The zero-order valence-corrected chi connectivity index (χ0v) is 27.0. The number of carbonyl (C=O) groups excluding carboxylic acids is 2. The van der Waals surface area contributed by atoms with Gasteiger partial charge in [0.25, 0.3) is 6.47 Å². The maximum Gasteiger partial charge on any atom is 0.308 e. The van der Waals surface area contributed by atoms with Crippen molar-refractivity contribution in [2.24, 2.45) is 5.92 Å². The minimum Gasteiger partial charge on any atom is -0.468 e. The summed E-state index contributed by atoms with van der Waals surface area (Å²) in [5, 5.41) is 19.8. The molecule has 0 saturated heterocycles. The second-order valence-electron chi connectivity index (χ2n) is 11.9. The fraction of sp³-hybridized carbons (Fsp3) is 0.941. The molecule has 0 radical (unpaired) electrons. The molecule has 2 unspecified atom stereocenters. The molecule has 0 bridgehead atoms. The molecule has 0 aromatic carbocycles. The van der Waals surface area contributed by atoms with E-state index in [1.807, 2.05) is 0 Å². The van der Waals surface area contributed by atoms with E-state index < -0.39 is 0 Å². The Bertz CT molecular complexity index is 561. The predicted molar refractivity (Wildman–Crippen MR) is 169 cm³/mol. The molecule has 41 heavy (non-hydrogen) atoms. The number of unbranched alkanes of at least 4 members (excludes halogenated alkanes) is 14. The smallest absolute Gasteiger partial charge is 0.308 e. The largest absolute Gasteiger partial charge is 0.468 e. The van der Waals surface area contributed by atoms with E-state index in [0.717, 1.165) is 96.6 Å². The normalized spacial score (nSPS) is 12.9. The average molecular weight is 586 g/mol. The van der Waals surface area contributed by atoms with Crippen LogP contribution < -0.4 is 0 Å². The van der Waals surface area contributed by atoms with Gasteiger partial charge in [-0.05, 0) is 77.3 Å². The van der Waals surface area contributed by atoms with E-state index >= 15 is 0 Å². The van der Waals surface area contributed by atoms with E-state index in [0.29, 0.717) is 32.7 Å². The van der Waals surface area contributed by atoms with Crippen LogP contribution in [0, 0.1) is 5.92 Å². The first-order valence-electron chi connectivity index (χ1n) is 17.3. The summed E-state index contributed by atoms with van der Waals surface area (Å²) in [5.41, 5.74) is 0. The minimum absolute atomic E-state index is 0.0117. The number of hydrogen-bond acceptors (Lipinski definition) is 7. The highest BCUT2D eigenvalue weighted by Gasteiger charge is 2.19. The first-order chi connectivity index (χ1) is 20.1. The second-order valence-corrected chi connectivity index (χ2v) is 11.9. The first kappa shape index (κ1) is 39.8. The molecule has 2 N–H and O–H groups in total. The van der Waals surface area contributed by atoms with E-state index in [1.165, 1.54) is 51.4 Å². The zero-order valence-electron chi connectivity index (χ0n) is 27.0. The lowest BCUT2D eigenvalue weighted by Crippen LogP contribution is -2.34. The fourth-order valence-electron chi connectivity index (χ4n) is 5.37. The molecule has 244 valence electrons. The summed E-state index contributed by atoms with van der Waals surface area (Å²) in [7, 11) is 0. The highest BCUT2D eigenvalue weighted by atomic mass is 16.5. The third kappa shape index (κ3) is 27.4. The van der Waals surface area contributed by atoms with Crippen molar-refractivity contribution in [1.82, 2.24) is 4.90 Å². The van der Waals surface area contributed by atoms with Gasteiger partial charge in [0.15, 0.2) is 0 Å². The summed E-state index contributed by atoms with van der Waals surface area (Å²) in [4.78, 5) is 25.4. The number of nitrogens with zero attached hydrogens (tertiary/aromatic N) is 1. The molecule has 0 heterocycles. The quantitative estimate of drug-likeness (QED) is 0.0465. The SMILES string of the molecule is CCCCCCCCC(CCCCCC)C(=O)OCCCCC(O)CN(CCCCCO)CCCCCCOC=O. The molecule has 0 aliphatic heterocycles. The van der Waals surface area contributed by atoms with Gasteiger partial charge in [0.1, 0.15) is 0 Å². The molecule has 7 heteroatoms. The van der Waals surface area contributed by atoms with Crippen molar-refractivity contribution in [3.05, 3.63) is 0 Å². The summed E-state index contributed by atoms with van der Waals surface area (Å²) in [6.07, 6.45) is 23.0. The summed E-state index contributed by atoms with van der Waals surface area (Å²) >= 11 is 0. The van der Waals surface area contributed by atoms with E-state index in [-0.39, 0.29) is 24.6 Å². The van der Waals surface area contributed by atoms with Gasteiger partial charge in [-0.1, -0.05) is 90.9 Å². The monoisotopic (exact) mass is 585 g/mol. The standard InChI is InChI=1S/C34H67NO6/c1-3-5-7-9-10-15-23-32(22-14-8-6-4-2)34(39)41-29-21-16-24-33(38)30-35(26-18-13-19-27-36)25-17-11-12-20-28-40-31-37/h31-33,36,38H,3-30H2,1-2H3. The Labute approximate surface area is 253 Å². The van der Waals surface area contributed by atoms with Gasteiger partial charge in [0.2, 0.25) is 0 Å². The van der Waals surface area contributed by atoms with Gasteiger partial charge in [0, 0.05) is 13.2 Å². The van der Waals surface area contributed by atoms with Crippen molar-refractivity contribution < 1.29 is 29.3 Å². The summed E-state index contributed by atoms with van der Waals surface area (Å²) < 4.78 is 10.5. The lowest BCUT2D eigenvalue weighted by Gasteiger charge is -2.25. The van der Waals surface area contributed by atoms with Crippen LogP contribution >= 0.6 is 0 Å². The Morgan fingerprint density at radius 2 is 1.20 bits per heavy atom. The van der Waals surface area contributed by atoms with Crippen LogP contribution in [0.3, 0.4) is 0 Å². The van der Waals surface area contributed by atoms with Crippen molar-refractivity contribution in [3.8, 4) is 0 Å². The van der Waals surface area contributed by atoms with Gasteiger partial charge in [-0.15, -0.1) is 0 Å².